The molecule has 0 radical (unpaired) electrons. The maximum absolute atomic E-state index is 12.0. The van der Waals surface area contributed by atoms with Crippen LogP contribution in [0.1, 0.15) is 32.7 Å². The summed E-state index contributed by atoms with van der Waals surface area (Å²) in [7, 11) is 0. The molecule has 96 valence electrons. The Morgan fingerprint density at radius 2 is 2.17 bits per heavy atom. The summed E-state index contributed by atoms with van der Waals surface area (Å²) in [5, 5.41) is 0. The van der Waals surface area contributed by atoms with Gasteiger partial charge >= 0.3 is 5.97 Å². The summed E-state index contributed by atoms with van der Waals surface area (Å²) in [6.45, 7) is 4.30. The zero-order valence-corrected chi connectivity index (χ0v) is 10.8. The minimum atomic E-state index is -0.276. The van der Waals surface area contributed by atoms with Crippen LogP contribution in [-0.2, 0) is 9.53 Å². The molecule has 0 saturated heterocycles. The van der Waals surface area contributed by atoms with E-state index in [0.717, 1.165) is 23.9 Å². The molecule has 4 nitrogen and oxygen atoms in total. The van der Waals surface area contributed by atoms with E-state index in [0.29, 0.717) is 6.61 Å². The molecule has 2 rings (SSSR count). The van der Waals surface area contributed by atoms with Crippen LogP contribution in [0.15, 0.2) is 30.6 Å². The third-order valence-corrected chi connectivity index (χ3v) is 2.94. The molecule has 0 saturated carbocycles. The number of fused-ring (bicyclic) bond motifs is 1. The van der Waals surface area contributed by atoms with Crippen molar-refractivity contribution >= 4 is 17.0 Å². The zero-order chi connectivity index (χ0) is 13.0. The summed E-state index contributed by atoms with van der Waals surface area (Å²) >= 11 is 0. The number of hydrogen-bond donors (Lipinski definition) is 0. The molecule has 1 atom stereocenters. The highest BCUT2D eigenvalue weighted by Gasteiger charge is 2.22. The second kappa shape index (κ2) is 5.67. The number of carbonyl (C=O) groups excluding carboxylic acids is 1. The molecule has 0 N–H and O–H groups in total. The molecule has 1 heterocycles. The molecule has 0 amide bonds. The van der Waals surface area contributed by atoms with Gasteiger partial charge in [-0.05, 0) is 25.5 Å². The van der Waals surface area contributed by atoms with Crippen molar-refractivity contribution in [2.75, 3.05) is 6.61 Å². The van der Waals surface area contributed by atoms with E-state index in [-0.39, 0.29) is 12.0 Å². The van der Waals surface area contributed by atoms with Crippen molar-refractivity contribution in [1.29, 1.82) is 0 Å². The van der Waals surface area contributed by atoms with E-state index in [1.807, 2.05) is 35.8 Å². The number of aromatic nitrogens is 2. The normalized spacial score (nSPS) is 12.6. The Morgan fingerprint density at radius 1 is 1.39 bits per heavy atom. The first-order chi connectivity index (χ1) is 8.77. The maximum Gasteiger partial charge on any atom is 0.329 e. The van der Waals surface area contributed by atoms with E-state index in [2.05, 4.69) is 11.9 Å². The van der Waals surface area contributed by atoms with Crippen molar-refractivity contribution in [1.82, 2.24) is 9.55 Å². The minimum absolute atomic E-state index is 0.178. The minimum Gasteiger partial charge on any atom is -0.464 e. The van der Waals surface area contributed by atoms with Crippen molar-refractivity contribution in [3.05, 3.63) is 30.6 Å². The molecule has 4 heteroatoms. The highest BCUT2D eigenvalue weighted by molar-refractivity contribution is 5.80. The van der Waals surface area contributed by atoms with Crippen LogP contribution in [0.5, 0.6) is 0 Å². The van der Waals surface area contributed by atoms with E-state index in [9.17, 15) is 4.79 Å². The van der Waals surface area contributed by atoms with Crippen LogP contribution in [0.2, 0.25) is 0 Å². The first-order valence-corrected chi connectivity index (χ1v) is 6.36. The summed E-state index contributed by atoms with van der Waals surface area (Å²) in [5.41, 5.74) is 1.88. The summed E-state index contributed by atoms with van der Waals surface area (Å²) in [5.74, 6) is -0.178. The highest BCUT2D eigenvalue weighted by Crippen LogP contribution is 2.22. The molecule has 0 aliphatic heterocycles. The third kappa shape index (κ3) is 2.37. The smallest absolute Gasteiger partial charge is 0.329 e. The average Bonchev–Trinajstić information content (AvgIpc) is 2.80. The monoisotopic (exact) mass is 246 g/mol. The van der Waals surface area contributed by atoms with Gasteiger partial charge < -0.3 is 9.30 Å². The van der Waals surface area contributed by atoms with Gasteiger partial charge in [0, 0.05) is 0 Å². The van der Waals surface area contributed by atoms with Gasteiger partial charge in [-0.2, -0.15) is 0 Å². The number of hydrogen-bond acceptors (Lipinski definition) is 3. The van der Waals surface area contributed by atoms with Crippen LogP contribution in [-0.4, -0.2) is 22.1 Å². The molecule has 1 aromatic heterocycles. The second-order valence-electron chi connectivity index (χ2n) is 4.20. The van der Waals surface area contributed by atoms with Crippen molar-refractivity contribution in [2.24, 2.45) is 0 Å². The lowest BCUT2D eigenvalue weighted by Crippen LogP contribution is -2.21. The summed E-state index contributed by atoms with van der Waals surface area (Å²) in [4.78, 5) is 16.3. The van der Waals surface area contributed by atoms with Gasteiger partial charge in [0.1, 0.15) is 6.04 Å². The predicted octanol–water partition coefficient (Wildman–Crippen LogP) is 2.94. The van der Waals surface area contributed by atoms with Gasteiger partial charge in [0.25, 0.3) is 0 Å². The fourth-order valence-corrected chi connectivity index (χ4v) is 2.11. The Kier molecular flexibility index (Phi) is 3.97. The van der Waals surface area contributed by atoms with Gasteiger partial charge in [-0.15, -0.1) is 0 Å². The predicted molar refractivity (Wildman–Crippen MR) is 70.3 cm³/mol. The lowest BCUT2D eigenvalue weighted by molar-refractivity contribution is -0.147. The fraction of sp³-hybridized carbons (Fsp3) is 0.429. The standard InChI is InChI=1S/C14H18N2O2/c1-3-7-13(14(17)18-4-2)16-10-15-11-8-5-6-9-12(11)16/h5-6,8-10,13H,3-4,7H2,1-2H3. The van der Waals surface area contributed by atoms with Crippen LogP contribution in [0.4, 0.5) is 0 Å². The van der Waals surface area contributed by atoms with E-state index < -0.39 is 0 Å². The van der Waals surface area contributed by atoms with Gasteiger partial charge in [-0.3, -0.25) is 0 Å². The molecule has 0 aliphatic rings. The topological polar surface area (TPSA) is 44.1 Å². The number of rotatable bonds is 5. The quantitative estimate of drug-likeness (QED) is 0.762. The molecule has 1 aromatic carbocycles. The number of ether oxygens (including phenoxy) is 1. The Balaban J connectivity index is 2.38. The van der Waals surface area contributed by atoms with E-state index in [1.54, 1.807) is 6.33 Å². The maximum atomic E-state index is 12.0. The van der Waals surface area contributed by atoms with Crippen molar-refractivity contribution < 1.29 is 9.53 Å². The van der Waals surface area contributed by atoms with Crippen LogP contribution in [0, 0.1) is 0 Å². The molecular formula is C14H18N2O2. The van der Waals surface area contributed by atoms with E-state index in [1.165, 1.54) is 0 Å². The van der Waals surface area contributed by atoms with Crippen molar-refractivity contribution in [3.8, 4) is 0 Å². The van der Waals surface area contributed by atoms with Gasteiger partial charge in [0.15, 0.2) is 0 Å². The Morgan fingerprint density at radius 3 is 2.89 bits per heavy atom. The number of para-hydroxylation sites is 2. The third-order valence-electron chi connectivity index (χ3n) is 2.94. The Hall–Kier alpha value is -1.84. The first-order valence-electron chi connectivity index (χ1n) is 6.36. The van der Waals surface area contributed by atoms with Gasteiger partial charge in [0.2, 0.25) is 0 Å². The number of esters is 1. The summed E-state index contributed by atoms with van der Waals surface area (Å²) in [6, 6.07) is 7.54. The molecule has 0 bridgehead atoms. The van der Waals surface area contributed by atoms with Gasteiger partial charge in [-0.25, -0.2) is 9.78 Å². The number of nitrogens with zero attached hydrogens (tertiary/aromatic N) is 2. The van der Waals surface area contributed by atoms with Crippen LogP contribution in [0.3, 0.4) is 0 Å². The number of carbonyl (C=O) groups is 1. The van der Waals surface area contributed by atoms with Crippen molar-refractivity contribution in [3.63, 3.8) is 0 Å². The Labute approximate surface area is 107 Å². The lowest BCUT2D eigenvalue weighted by Gasteiger charge is -2.17. The number of imidazole rings is 1. The molecule has 1 unspecified atom stereocenters. The van der Waals surface area contributed by atoms with E-state index in [4.69, 9.17) is 4.74 Å². The molecule has 0 fully saturated rings. The van der Waals surface area contributed by atoms with Gasteiger partial charge in [0.05, 0.1) is 24.0 Å². The summed E-state index contributed by atoms with van der Waals surface area (Å²) < 4.78 is 7.06. The fourth-order valence-electron chi connectivity index (χ4n) is 2.11. The van der Waals surface area contributed by atoms with Crippen molar-refractivity contribution in [2.45, 2.75) is 32.7 Å². The molecule has 2 aromatic rings. The second-order valence-corrected chi connectivity index (χ2v) is 4.20. The zero-order valence-electron chi connectivity index (χ0n) is 10.8. The van der Waals surface area contributed by atoms with Crippen LogP contribution < -0.4 is 0 Å². The highest BCUT2D eigenvalue weighted by atomic mass is 16.5. The summed E-state index contributed by atoms with van der Waals surface area (Å²) in [6.07, 6.45) is 3.41. The number of benzene rings is 1. The van der Waals surface area contributed by atoms with Crippen LogP contribution >= 0.6 is 0 Å². The SMILES string of the molecule is CCCC(C(=O)OCC)n1cnc2ccccc21. The van der Waals surface area contributed by atoms with Crippen LogP contribution in [0.25, 0.3) is 11.0 Å². The Bertz CT molecular complexity index is 533. The lowest BCUT2D eigenvalue weighted by atomic mass is 10.1. The largest absolute Gasteiger partial charge is 0.464 e. The average molecular weight is 246 g/mol. The van der Waals surface area contributed by atoms with Gasteiger partial charge in [-0.1, -0.05) is 25.5 Å². The molecular weight excluding hydrogens is 228 g/mol. The van der Waals surface area contributed by atoms with E-state index >= 15 is 0 Å². The molecule has 0 aliphatic carbocycles. The molecule has 0 spiro atoms. The molecule has 18 heavy (non-hydrogen) atoms. The first kappa shape index (κ1) is 12.6.